The second-order valence-electron chi connectivity index (χ2n) is 4.29. The Morgan fingerprint density at radius 1 is 1.17 bits per heavy atom. The Morgan fingerprint density at radius 2 is 1.83 bits per heavy atom. The molecule has 1 fully saturated rings. The van der Waals surface area contributed by atoms with Crippen molar-refractivity contribution in [3.63, 3.8) is 0 Å². The maximum atomic E-state index is 12.1. The topological polar surface area (TPSA) is 62.3 Å². The van der Waals surface area contributed by atoms with Crippen LogP contribution in [0.4, 0.5) is 5.69 Å². The molecule has 1 aliphatic rings. The largest absolute Gasteiger partial charge is 0.301 e. The minimum atomic E-state index is -3.47. The predicted octanol–water partition coefficient (Wildman–Crippen LogP) is 2.27. The average Bonchev–Trinajstić information content (AvgIpc) is 2.61. The highest BCUT2D eigenvalue weighted by Crippen LogP contribution is 2.16. The van der Waals surface area contributed by atoms with Gasteiger partial charge in [-0.1, -0.05) is 24.4 Å². The summed E-state index contributed by atoms with van der Waals surface area (Å²) < 4.78 is 28.3. The monoisotopic (exact) mass is 289 g/mol. The van der Waals surface area contributed by atoms with E-state index in [0.29, 0.717) is 23.9 Å². The molecule has 5 nitrogen and oxygen atoms in total. The molecule has 0 radical (unpaired) electrons. The number of hydrogen-bond donors (Lipinski definition) is 1. The summed E-state index contributed by atoms with van der Waals surface area (Å²) in [6.45, 7) is 1.16. The van der Waals surface area contributed by atoms with Gasteiger partial charge in [-0.05, 0) is 25.0 Å². The van der Waals surface area contributed by atoms with Crippen LogP contribution in [-0.4, -0.2) is 30.8 Å². The third kappa shape index (κ3) is 3.57. The van der Waals surface area contributed by atoms with Crippen LogP contribution in [0, 0.1) is 0 Å². The summed E-state index contributed by atoms with van der Waals surface area (Å²) in [5, 5.41) is 0.340. The number of aromatic nitrogens is 1. The molecule has 1 aromatic rings. The van der Waals surface area contributed by atoms with Crippen molar-refractivity contribution in [3.8, 4) is 0 Å². The SMILES string of the molecule is O=S(=O)(Nc1ccc(Cl)nc1)N1CCCCCC1. The first-order valence-corrected chi connectivity index (χ1v) is 7.79. The van der Waals surface area contributed by atoms with Crippen LogP contribution in [0.2, 0.25) is 5.15 Å². The molecule has 0 bridgehead atoms. The van der Waals surface area contributed by atoms with Gasteiger partial charge in [0.2, 0.25) is 0 Å². The van der Waals surface area contributed by atoms with Crippen LogP contribution < -0.4 is 4.72 Å². The number of hydrogen-bond acceptors (Lipinski definition) is 3. The molecular weight excluding hydrogens is 274 g/mol. The van der Waals surface area contributed by atoms with E-state index < -0.39 is 10.2 Å². The van der Waals surface area contributed by atoms with Gasteiger partial charge in [0.15, 0.2) is 0 Å². The van der Waals surface area contributed by atoms with Crippen molar-refractivity contribution in [1.29, 1.82) is 0 Å². The van der Waals surface area contributed by atoms with Crippen LogP contribution >= 0.6 is 11.6 Å². The molecule has 0 unspecified atom stereocenters. The highest BCUT2D eigenvalue weighted by molar-refractivity contribution is 7.90. The molecule has 18 heavy (non-hydrogen) atoms. The smallest absolute Gasteiger partial charge is 0.269 e. The molecule has 2 rings (SSSR count). The van der Waals surface area contributed by atoms with E-state index >= 15 is 0 Å². The molecule has 100 valence electrons. The average molecular weight is 290 g/mol. The van der Waals surface area contributed by atoms with Gasteiger partial charge in [0.25, 0.3) is 0 Å². The van der Waals surface area contributed by atoms with Gasteiger partial charge in [0.05, 0.1) is 11.9 Å². The fourth-order valence-electron chi connectivity index (χ4n) is 1.93. The van der Waals surface area contributed by atoms with Crippen molar-refractivity contribution in [2.45, 2.75) is 25.7 Å². The van der Waals surface area contributed by atoms with E-state index in [9.17, 15) is 8.42 Å². The quantitative estimate of drug-likeness (QED) is 0.868. The van der Waals surface area contributed by atoms with Gasteiger partial charge < -0.3 is 0 Å². The molecule has 0 amide bonds. The summed E-state index contributed by atoms with van der Waals surface area (Å²) in [6, 6.07) is 3.16. The number of pyridine rings is 1. The van der Waals surface area contributed by atoms with Gasteiger partial charge in [-0.2, -0.15) is 12.7 Å². The zero-order valence-corrected chi connectivity index (χ0v) is 11.5. The lowest BCUT2D eigenvalue weighted by molar-refractivity contribution is 0.427. The maximum absolute atomic E-state index is 12.1. The molecule has 0 aliphatic carbocycles. The zero-order valence-electron chi connectivity index (χ0n) is 9.97. The van der Waals surface area contributed by atoms with Crippen molar-refractivity contribution < 1.29 is 8.42 Å². The van der Waals surface area contributed by atoms with Crippen LogP contribution in [0.1, 0.15) is 25.7 Å². The van der Waals surface area contributed by atoms with E-state index in [4.69, 9.17) is 11.6 Å². The molecular formula is C11H16ClN3O2S. The molecule has 1 saturated heterocycles. The standard InChI is InChI=1S/C11H16ClN3O2S/c12-11-6-5-10(9-13-11)14-18(16,17)15-7-3-1-2-4-8-15/h5-6,9,14H,1-4,7-8H2. The molecule has 0 atom stereocenters. The summed E-state index contributed by atoms with van der Waals surface area (Å²) >= 11 is 5.65. The Kier molecular flexibility index (Phi) is 4.42. The van der Waals surface area contributed by atoms with Crippen LogP contribution in [0.5, 0.6) is 0 Å². The van der Waals surface area contributed by atoms with Gasteiger partial charge in [-0.3, -0.25) is 4.72 Å². The summed E-state index contributed by atoms with van der Waals surface area (Å²) in [5.41, 5.74) is 0.434. The van der Waals surface area contributed by atoms with Crippen molar-refractivity contribution in [2.75, 3.05) is 17.8 Å². The van der Waals surface area contributed by atoms with E-state index in [1.165, 1.54) is 10.5 Å². The van der Waals surface area contributed by atoms with Crippen molar-refractivity contribution >= 4 is 27.5 Å². The third-order valence-corrected chi connectivity index (χ3v) is 4.64. The van der Waals surface area contributed by atoms with Crippen LogP contribution in [0.3, 0.4) is 0 Å². The van der Waals surface area contributed by atoms with Crippen molar-refractivity contribution in [2.24, 2.45) is 0 Å². The lowest BCUT2D eigenvalue weighted by atomic mass is 10.2. The summed E-state index contributed by atoms with van der Waals surface area (Å²) in [6.07, 6.45) is 5.43. The molecule has 0 saturated carbocycles. The first-order chi connectivity index (χ1) is 8.58. The second kappa shape index (κ2) is 5.86. The molecule has 1 aliphatic heterocycles. The maximum Gasteiger partial charge on any atom is 0.301 e. The molecule has 2 heterocycles. The highest BCUT2D eigenvalue weighted by atomic mass is 35.5. The molecule has 1 aromatic heterocycles. The van der Waals surface area contributed by atoms with Crippen LogP contribution in [0.15, 0.2) is 18.3 Å². The lowest BCUT2D eigenvalue weighted by Gasteiger charge is -2.20. The normalized spacial score (nSPS) is 18.3. The van der Waals surface area contributed by atoms with Crippen LogP contribution in [0.25, 0.3) is 0 Å². The number of nitrogens with zero attached hydrogens (tertiary/aromatic N) is 2. The van der Waals surface area contributed by atoms with Gasteiger partial charge in [-0.15, -0.1) is 0 Å². The number of halogens is 1. The number of nitrogens with one attached hydrogen (secondary N) is 1. The zero-order chi connectivity index (χ0) is 13.0. The fourth-order valence-corrected chi connectivity index (χ4v) is 3.33. The first-order valence-electron chi connectivity index (χ1n) is 5.97. The minimum absolute atomic E-state index is 0.340. The predicted molar refractivity (Wildman–Crippen MR) is 71.8 cm³/mol. The fraction of sp³-hybridized carbons (Fsp3) is 0.545. The number of rotatable bonds is 3. The Balaban J connectivity index is 2.08. The van der Waals surface area contributed by atoms with Gasteiger partial charge >= 0.3 is 10.2 Å². The lowest BCUT2D eigenvalue weighted by Crippen LogP contribution is -2.36. The van der Waals surface area contributed by atoms with E-state index in [0.717, 1.165) is 25.7 Å². The van der Waals surface area contributed by atoms with E-state index in [-0.39, 0.29) is 0 Å². The Morgan fingerprint density at radius 3 is 2.39 bits per heavy atom. The van der Waals surface area contributed by atoms with Gasteiger partial charge in [-0.25, -0.2) is 4.98 Å². The minimum Gasteiger partial charge on any atom is -0.269 e. The van der Waals surface area contributed by atoms with Crippen LogP contribution in [-0.2, 0) is 10.2 Å². The van der Waals surface area contributed by atoms with E-state index in [1.807, 2.05) is 0 Å². The summed E-state index contributed by atoms with van der Waals surface area (Å²) in [4.78, 5) is 3.85. The molecule has 1 N–H and O–H groups in total. The number of anilines is 1. The third-order valence-electron chi connectivity index (χ3n) is 2.88. The summed E-state index contributed by atoms with van der Waals surface area (Å²) in [5.74, 6) is 0. The van der Waals surface area contributed by atoms with Gasteiger partial charge in [0, 0.05) is 13.1 Å². The first kappa shape index (κ1) is 13.6. The second-order valence-corrected chi connectivity index (χ2v) is 6.35. The Labute approximate surface area is 112 Å². The van der Waals surface area contributed by atoms with Crippen molar-refractivity contribution in [3.05, 3.63) is 23.5 Å². The van der Waals surface area contributed by atoms with Gasteiger partial charge in [0.1, 0.15) is 5.15 Å². The molecule has 7 heteroatoms. The summed E-state index contributed by atoms with van der Waals surface area (Å²) in [7, 11) is -3.47. The molecule has 0 aromatic carbocycles. The van der Waals surface area contributed by atoms with E-state index in [2.05, 4.69) is 9.71 Å². The highest BCUT2D eigenvalue weighted by Gasteiger charge is 2.22. The Bertz CT molecular complexity index is 482. The van der Waals surface area contributed by atoms with Crippen molar-refractivity contribution in [1.82, 2.24) is 9.29 Å². The van der Waals surface area contributed by atoms with E-state index in [1.54, 1.807) is 12.1 Å². The molecule has 0 spiro atoms. The Hall–Kier alpha value is -0.850.